The minimum atomic E-state index is -1.27. The van der Waals surface area contributed by atoms with E-state index in [-0.39, 0.29) is 11.8 Å². The first-order chi connectivity index (χ1) is 12.9. The Morgan fingerprint density at radius 2 is 1.54 bits per heavy atom. The number of aliphatic carboxylic acids is 1. The maximum atomic E-state index is 12.3. The molecule has 0 spiro atoms. The van der Waals surface area contributed by atoms with Crippen molar-refractivity contribution >= 4 is 23.7 Å². The third-order valence-corrected chi connectivity index (χ3v) is 4.04. The van der Waals surface area contributed by atoms with E-state index < -0.39 is 60.9 Å². The van der Waals surface area contributed by atoms with Crippen LogP contribution in [0.15, 0.2) is 0 Å². The number of carbonyl (C=O) groups is 4. The molecule has 4 atom stereocenters. The second kappa shape index (κ2) is 12.3. The van der Waals surface area contributed by atoms with E-state index >= 15 is 0 Å². The van der Waals surface area contributed by atoms with E-state index in [9.17, 15) is 29.4 Å². The van der Waals surface area contributed by atoms with Gasteiger partial charge in [0, 0.05) is 6.92 Å². The lowest BCUT2D eigenvalue weighted by molar-refractivity contribution is -0.143. The zero-order chi connectivity index (χ0) is 22.0. The molecule has 0 aromatic heterocycles. The third kappa shape index (κ3) is 9.65. The van der Waals surface area contributed by atoms with Crippen molar-refractivity contribution in [3.05, 3.63) is 0 Å². The van der Waals surface area contributed by atoms with Crippen molar-refractivity contribution in [3.63, 3.8) is 0 Å². The number of carboxylic acid groups (broad SMARTS) is 1. The molecule has 0 aromatic carbocycles. The molecule has 10 heteroatoms. The van der Waals surface area contributed by atoms with Crippen LogP contribution in [0, 0.1) is 11.8 Å². The fourth-order valence-electron chi connectivity index (χ4n) is 2.62. The van der Waals surface area contributed by atoms with Gasteiger partial charge in [-0.2, -0.15) is 0 Å². The molecule has 0 radical (unpaired) electrons. The largest absolute Gasteiger partial charge is 0.480 e. The first-order valence-corrected chi connectivity index (χ1v) is 9.27. The van der Waals surface area contributed by atoms with E-state index in [4.69, 9.17) is 5.11 Å². The van der Waals surface area contributed by atoms with Gasteiger partial charge in [-0.05, 0) is 18.3 Å². The van der Waals surface area contributed by atoms with Crippen LogP contribution in [0.4, 0.5) is 0 Å². The molecule has 10 nitrogen and oxygen atoms in total. The predicted octanol–water partition coefficient (Wildman–Crippen LogP) is -1.01. The lowest BCUT2D eigenvalue weighted by atomic mass is 9.96. The molecule has 162 valence electrons. The fraction of sp³-hybridized carbons (Fsp3) is 0.778. The number of hydrogen-bond donors (Lipinski definition) is 6. The number of carbonyl (C=O) groups excluding carboxylic acids is 3. The number of aliphatic hydroxyl groups excluding tert-OH is 2. The van der Waals surface area contributed by atoms with Crippen LogP contribution in [0.5, 0.6) is 0 Å². The number of carboxylic acids is 1. The predicted molar refractivity (Wildman–Crippen MR) is 101 cm³/mol. The van der Waals surface area contributed by atoms with Crippen molar-refractivity contribution in [2.75, 3.05) is 6.61 Å². The van der Waals surface area contributed by atoms with E-state index in [2.05, 4.69) is 16.0 Å². The summed E-state index contributed by atoms with van der Waals surface area (Å²) in [5, 5.41) is 36.0. The molecule has 0 fully saturated rings. The number of nitrogens with one attached hydrogen (secondary N) is 3. The molecular weight excluding hydrogens is 370 g/mol. The van der Waals surface area contributed by atoms with Crippen LogP contribution in [0.1, 0.15) is 47.5 Å². The van der Waals surface area contributed by atoms with E-state index in [0.717, 1.165) is 0 Å². The van der Waals surface area contributed by atoms with Crippen LogP contribution >= 0.6 is 0 Å². The summed E-state index contributed by atoms with van der Waals surface area (Å²) in [6.45, 7) is 7.60. The summed E-state index contributed by atoms with van der Waals surface area (Å²) in [7, 11) is 0. The molecule has 0 aliphatic rings. The Morgan fingerprint density at radius 1 is 0.964 bits per heavy atom. The van der Waals surface area contributed by atoms with E-state index in [0.29, 0.717) is 6.42 Å². The minimum absolute atomic E-state index is 0.0683. The smallest absolute Gasteiger partial charge is 0.326 e. The lowest BCUT2D eigenvalue weighted by Gasteiger charge is -2.28. The Labute approximate surface area is 165 Å². The Balaban J connectivity index is 5.08. The maximum Gasteiger partial charge on any atom is 0.326 e. The van der Waals surface area contributed by atoms with Crippen molar-refractivity contribution in [2.45, 2.75) is 71.7 Å². The maximum absolute atomic E-state index is 12.3. The number of hydrogen-bond acceptors (Lipinski definition) is 6. The van der Waals surface area contributed by atoms with Crippen molar-refractivity contribution in [1.29, 1.82) is 0 Å². The summed E-state index contributed by atoms with van der Waals surface area (Å²) < 4.78 is 0. The average molecular weight is 403 g/mol. The van der Waals surface area contributed by atoms with E-state index in [1.54, 1.807) is 13.8 Å². The quantitative estimate of drug-likeness (QED) is 0.243. The van der Waals surface area contributed by atoms with Crippen molar-refractivity contribution in [3.8, 4) is 0 Å². The third-order valence-electron chi connectivity index (χ3n) is 4.04. The van der Waals surface area contributed by atoms with Crippen LogP contribution < -0.4 is 16.0 Å². The molecule has 6 N–H and O–H groups in total. The van der Waals surface area contributed by atoms with Crippen molar-refractivity contribution < 1.29 is 34.5 Å². The second-order valence-electron chi connectivity index (χ2n) is 7.58. The monoisotopic (exact) mass is 403 g/mol. The molecule has 0 aromatic rings. The molecule has 0 aliphatic carbocycles. The highest BCUT2D eigenvalue weighted by Gasteiger charge is 2.30. The van der Waals surface area contributed by atoms with Gasteiger partial charge in [-0.1, -0.05) is 27.7 Å². The molecule has 0 rings (SSSR count). The van der Waals surface area contributed by atoms with Gasteiger partial charge < -0.3 is 31.3 Å². The molecular formula is C18H33N3O7. The summed E-state index contributed by atoms with van der Waals surface area (Å²) in [4.78, 5) is 46.7. The average Bonchev–Trinajstić information content (AvgIpc) is 2.55. The normalized spacial score (nSPS) is 15.5. The Morgan fingerprint density at radius 3 is 1.93 bits per heavy atom. The van der Waals surface area contributed by atoms with Gasteiger partial charge in [0.05, 0.1) is 25.2 Å². The summed E-state index contributed by atoms with van der Waals surface area (Å²) in [5.41, 5.74) is 0. The highest BCUT2D eigenvalue weighted by Crippen LogP contribution is 2.12. The van der Waals surface area contributed by atoms with Gasteiger partial charge in [0.1, 0.15) is 12.1 Å². The number of aliphatic hydroxyl groups is 2. The number of amides is 3. The van der Waals surface area contributed by atoms with Gasteiger partial charge in [-0.25, -0.2) is 4.79 Å². The minimum Gasteiger partial charge on any atom is -0.480 e. The fourth-order valence-corrected chi connectivity index (χ4v) is 2.62. The molecule has 3 amide bonds. The Kier molecular flexibility index (Phi) is 11.3. The number of rotatable bonds is 12. The van der Waals surface area contributed by atoms with Gasteiger partial charge in [0.15, 0.2) is 0 Å². The van der Waals surface area contributed by atoms with Crippen molar-refractivity contribution in [2.24, 2.45) is 11.8 Å². The standard InChI is InChI=1S/C18H33N3O7/c1-9(2)6-12(20-17(26)13(8-22)19-11(5)23)14(24)7-15(25)21-16(10(3)4)18(27)28/h9-10,12-14,16,22,24H,6-8H2,1-5H3,(H,19,23)(H,20,26)(H,21,25)(H,27,28)/t12-,13+,14-,16+/m1/s1. The Bertz CT molecular complexity index is 551. The van der Waals surface area contributed by atoms with E-state index in [1.807, 2.05) is 13.8 Å². The molecule has 28 heavy (non-hydrogen) atoms. The molecule has 0 saturated heterocycles. The van der Waals surface area contributed by atoms with Gasteiger partial charge in [0.25, 0.3) is 0 Å². The van der Waals surface area contributed by atoms with Gasteiger partial charge in [0.2, 0.25) is 17.7 Å². The van der Waals surface area contributed by atoms with Crippen LogP contribution in [0.2, 0.25) is 0 Å². The van der Waals surface area contributed by atoms with Crippen LogP contribution in [-0.4, -0.2) is 69.8 Å². The molecule has 0 aliphatic heterocycles. The van der Waals surface area contributed by atoms with Crippen LogP contribution in [0.3, 0.4) is 0 Å². The summed E-state index contributed by atoms with van der Waals surface area (Å²) in [5.74, 6) is -3.29. The zero-order valence-electron chi connectivity index (χ0n) is 17.1. The molecule has 0 unspecified atom stereocenters. The van der Waals surface area contributed by atoms with Crippen molar-refractivity contribution in [1.82, 2.24) is 16.0 Å². The lowest BCUT2D eigenvalue weighted by Crippen LogP contribution is -2.54. The first-order valence-electron chi connectivity index (χ1n) is 9.27. The van der Waals surface area contributed by atoms with Crippen LogP contribution in [-0.2, 0) is 19.2 Å². The topological polar surface area (TPSA) is 165 Å². The Hall–Kier alpha value is -2.20. The molecule has 0 heterocycles. The van der Waals surface area contributed by atoms with Gasteiger partial charge in [-0.15, -0.1) is 0 Å². The highest BCUT2D eigenvalue weighted by molar-refractivity contribution is 5.87. The van der Waals surface area contributed by atoms with Gasteiger partial charge in [-0.3, -0.25) is 14.4 Å². The SMILES string of the molecule is CC(=O)N[C@@H](CO)C(=O)N[C@H](CC(C)C)[C@H](O)CC(=O)N[C@H](C(=O)O)C(C)C. The van der Waals surface area contributed by atoms with Gasteiger partial charge >= 0.3 is 5.97 Å². The molecule has 0 saturated carbocycles. The van der Waals surface area contributed by atoms with Crippen LogP contribution in [0.25, 0.3) is 0 Å². The summed E-state index contributed by atoms with van der Waals surface area (Å²) in [6.07, 6.45) is -1.34. The zero-order valence-corrected chi connectivity index (χ0v) is 17.1. The second-order valence-corrected chi connectivity index (χ2v) is 7.58. The highest BCUT2D eigenvalue weighted by atomic mass is 16.4. The van der Waals surface area contributed by atoms with E-state index in [1.165, 1.54) is 6.92 Å². The molecule has 0 bridgehead atoms. The first kappa shape index (κ1) is 25.8. The summed E-state index contributed by atoms with van der Waals surface area (Å²) in [6, 6.07) is -3.08. The summed E-state index contributed by atoms with van der Waals surface area (Å²) >= 11 is 0.